The maximum Gasteiger partial charge on any atom is 0.336 e. The van der Waals surface area contributed by atoms with E-state index in [9.17, 15) is 14.3 Å². The van der Waals surface area contributed by atoms with Gasteiger partial charge >= 0.3 is 5.97 Å². The minimum absolute atomic E-state index is 0.0443. The predicted molar refractivity (Wildman–Crippen MR) is 120 cm³/mol. The van der Waals surface area contributed by atoms with Gasteiger partial charge in [-0.15, -0.1) is 0 Å². The molecule has 2 aliphatic heterocycles. The number of pyridine rings is 1. The fraction of sp³-hybridized carbons (Fsp3) is 0.625. The number of carboxylic acids is 1. The Morgan fingerprint density at radius 2 is 1.91 bits per heavy atom. The van der Waals surface area contributed by atoms with E-state index in [2.05, 4.69) is 23.8 Å². The fourth-order valence-corrected chi connectivity index (χ4v) is 4.39. The van der Waals surface area contributed by atoms with Crippen LogP contribution < -0.4 is 0 Å². The second-order valence-electron chi connectivity index (χ2n) is 10.5. The quantitative estimate of drug-likeness (QED) is 0.670. The number of piperidine rings is 1. The second kappa shape index (κ2) is 8.63. The van der Waals surface area contributed by atoms with Crippen LogP contribution in [0.25, 0.3) is 5.57 Å². The number of carboxylic acid groups (broad SMARTS) is 1. The van der Waals surface area contributed by atoms with Gasteiger partial charge in [-0.25, -0.2) is 14.2 Å². The first-order valence-corrected chi connectivity index (χ1v) is 10.9. The molecule has 176 valence electrons. The maximum absolute atomic E-state index is 17.3. The Morgan fingerprint density at radius 3 is 2.41 bits per heavy atom. The van der Waals surface area contributed by atoms with Crippen LogP contribution in [0, 0.1) is 11.4 Å². The van der Waals surface area contributed by atoms with Crippen LogP contribution in [0.2, 0.25) is 0 Å². The van der Waals surface area contributed by atoms with Crippen molar-refractivity contribution in [2.75, 3.05) is 13.1 Å². The van der Waals surface area contributed by atoms with Gasteiger partial charge in [0.25, 0.3) is 0 Å². The number of aliphatic carboxylic acids is 1. The molecule has 6 nitrogen and oxygen atoms in total. The van der Waals surface area contributed by atoms with Crippen molar-refractivity contribution in [2.45, 2.75) is 77.8 Å². The third-order valence-corrected chi connectivity index (χ3v) is 6.30. The van der Waals surface area contributed by atoms with E-state index in [0.29, 0.717) is 24.2 Å². The van der Waals surface area contributed by atoms with Gasteiger partial charge in [-0.05, 0) is 76.7 Å². The third-order valence-electron chi connectivity index (χ3n) is 6.30. The number of nitrogens with zero attached hydrogens (tertiary/aromatic N) is 3. The first-order chi connectivity index (χ1) is 14.7. The summed E-state index contributed by atoms with van der Waals surface area (Å²) in [5.41, 5.74) is -2.20. The van der Waals surface area contributed by atoms with Crippen molar-refractivity contribution in [3.05, 3.63) is 36.0 Å². The van der Waals surface area contributed by atoms with Crippen molar-refractivity contribution < 1.29 is 23.4 Å². The van der Waals surface area contributed by atoms with Gasteiger partial charge in [0.15, 0.2) is 6.10 Å². The van der Waals surface area contributed by atoms with E-state index in [-0.39, 0.29) is 11.1 Å². The van der Waals surface area contributed by atoms with Crippen molar-refractivity contribution in [1.82, 2.24) is 9.88 Å². The Bertz CT molecular complexity index is 911. The molecular weight excluding hydrogens is 416 g/mol. The smallest absolute Gasteiger partial charge is 0.336 e. The summed E-state index contributed by atoms with van der Waals surface area (Å²) in [6, 6.07) is 1.76. The highest BCUT2D eigenvalue weighted by atomic mass is 19.1. The molecule has 0 radical (unpaired) electrons. The lowest BCUT2D eigenvalue weighted by Gasteiger charge is -2.49. The largest absolute Gasteiger partial charge is 0.479 e. The van der Waals surface area contributed by atoms with E-state index in [0.717, 1.165) is 12.8 Å². The fourth-order valence-electron chi connectivity index (χ4n) is 4.39. The molecule has 0 spiro atoms. The van der Waals surface area contributed by atoms with Gasteiger partial charge in [-0.3, -0.25) is 9.89 Å². The normalized spacial score (nSPS) is 27.4. The van der Waals surface area contributed by atoms with Gasteiger partial charge in [0.2, 0.25) is 11.6 Å². The molecule has 1 fully saturated rings. The number of hydrogen-bond donors (Lipinski definition) is 1. The SMILES string of the molecule is CC1=NC=C(c2ccc(F)nc2)C(N2CCC(C)(C)CC2)C1(F)C(OC(C)(C)C)C(=O)O. The third kappa shape index (κ3) is 4.91. The standard InChI is InChI=1S/C24H33F2N3O3/c1-15-24(26,20(21(30)31)32-22(2,3)4)19(29-11-9-23(5,6)10-12-29)17(14-27-15)16-7-8-18(25)28-13-16/h7-8,13-14,19-20H,9-12H2,1-6H3,(H,30,31). The van der Waals surface area contributed by atoms with Crippen LogP contribution in [-0.2, 0) is 9.53 Å². The van der Waals surface area contributed by atoms with Crippen molar-refractivity contribution in [3.8, 4) is 0 Å². The topological polar surface area (TPSA) is 75.0 Å². The van der Waals surface area contributed by atoms with Gasteiger partial charge in [-0.1, -0.05) is 13.8 Å². The molecule has 0 bridgehead atoms. The highest BCUT2D eigenvalue weighted by molar-refractivity contribution is 6.01. The lowest BCUT2D eigenvalue weighted by Crippen LogP contribution is -2.66. The number of aliphatic imine (C=N–C) groups is 1. The van der Waals surface area contributed by atoms with Crippen molar-refractivity contribution >= 4 is 17.3 Å². The first-order valence-electron chi connectivity index (χ1n) is 10.9. The Hall–Kier alpha value is -2.19. The summed E-state index contributed by atoms with van der Waals surface area (Å²) < 4.78 is 36.5. The number of hydrogen-bond acceptors (Lipinski definition) is 5. The summed E-state index contributed by atoms with van der Waals surface area (Å²) in [6.45, 7) is 12.1. The van der Waals surface area contributed by atoms with E-state index in [1.165, 1.54) is 25.3 Å². The van der Waals surface area contributed by atoms with E-state index < -0.39 is 35.3 Å². The molecule has 1 aromatic heterocycles. The molecule has 3 rings (SSSR count). The summed E-state index contributed by atoms with van der Waals surface area (Å²) in [6.07, 6.45) is 2.77. The predicted octanol–water partition coefficient (Wildman–Crippen LogP) is 4.50. The minimum atomic E-state index is -2.43. The van der Waals surface area contributed by atoms with Crippen LogP contribution in [0.15, 0.2) is 29.5 Å². The zero-order chi connectivity index (χ0) is 23.9. The van der Waals surface area contributed by atoms with Crippen molar-refractivity contribution in [3.63, 3.8) is 0 Å². The van der Waals surface area contributed by atoms with Gasteiger partial charge in [-0.2, -0.15) is 4.39 Å². The van der Waals surface area contributed by atoms with Crippen LogP contribution in [0.4, 0.5) is 8.78 Å². The lowest BCUT2D eigenvalue weighted by molar-refractivity contribution is -0.176. The molecule has 0 aromatic carbocycles. The Kier molecular flexibility index (Phi) is 6.60. The second-order valence-corrected chi connectivity index (χ2v) is 10.5. The van der Waals surface area contributed by atoms with Gasteiger partial charge in [0, 0.05) is 18.0 Å². The monoisotopic (exact) mass is 449 g/mol. The Labute approximate surface area is 188 Å². The molecule has 1 N–H and O–H groups in total. The number of alkyl halides is 1. The van der Waals surface area contributed by atoms with Gasteiger partial charge in [0.1, 0.15) is 0 Å². The first kappa shape index (κ1) is 24.5. The van der Waals surface area contributed by atoms with Crippen LogP contribution in [-0.4, -0.2) is 63.2 Å². The molecule has 1 aromatic rings. The molecule has 3 heterocycles. The number of carbonyl (C=O) groups is 1. The highest BCUT2D eigenvalue weighted by Gasteiger charge is 2.59. The number of halogens is 2. The van der Waals surface area contributed by atoms with Gasteiger partial charge in [0.05, 0.1) is 17.4 Å². The number of likely N-dealkylation sites (tertiary alicyclic amines) is 1. The van der Waals surface area contributed by atoms with E-state index in [1.807, 2.05) is 4.90 Å². The van der Waals surface area contributed by atoms with Crippen LogP contribution in [0.1, 0.15) is 59.9 Å². The number of aromatic nitrogens is 1. The zero-order valence-electron chi connectivity index (χ0n) is 19.7. The highest BCUT2D eigenvalue weighted by Crippen LogP contribution is 2.44. The molecule has 1 saturated heterocycles. The Morgan fingerprint density at radius 1 is 1.28 bits per heavy atom. The zero-order valence-corrected chi connectivity index (χ0v) is 19.7. The summed E-state index contributed by atoms with van der Waals surface area (Å²) in [5, 5.41) is 10.0. The summed E-state index contributed by atoms with van der Waals surface area (Å²) in [7, 11) is 0. The van der Waals surface area contributed by atoms with E-state index in [4.69, 9.17) is 4.74 Å². The summed E-state index contributed by atoms with van der Waals surface area (Å²) >= 11 is 0. The van der Waals surface area contributed by atoms with Crippen LogP contribution in [0.5, 0.6) is 0 Å². The summed E-state index contributed by atoms with van der Waals surface area (Å²) in [5.74, 6) is -2.04. The molecular formula is C24H33F2N3O3. The van der Waals surface area contributed by atoms with Crippen molar-refractivity contribution in [1.29, 1.82) is 0 Å². The molecule has 2 aliphatic rings. The average Bonchev–Trinajstić information content (AvgIpc) is 2.68. The Balaban J connectivity index is 2.14. The maximum atomic E-state index is 17.3. The molecule has 0 aliphatic carbocycles. The molecule has 32 heavy (non-hydrogen) atoms. The van der Waals surface area contributed by atoms with Crippen LogP contribution >= 0.6 is 0 Å². The van der Waals surface area contributed by atoms with E-state index in [1.54, 1.807) is 27.0 Å². The molecule has 0 saturated carbocycles. The van der Waals surface area contributed by atoms with Gasteiger partial charge < -0.3 is 9.84 Å². The average molecular weight is 450 g/mol. The molecule has 3 atom stereocenters. The molecule has 8 heteroatoms. The van der Waals surface area contributed by atoms with E-state index >= 15 is 4.39 Å². The summed E-state index contributed by atoms with van der Waals surface area (Å²) in [4.78, 5) is 22.3. The van der Waals surface area contributed by atoms with Crippen LogP contribution in [0.3, 0.4) is 0 Å². The lowest BCUT2D eigenvalue weighted by atomic mass is 9.75. The number of rotatable bonds is 5. The minimum Gasteiger partial charge on any atom is -0.479 e. The molecule has 3 unspecified atom stereocenters. The number of ether oxygens (including phenoxy) is 1. The van der Waals surface area contributed by atoms with Crippen molar-refractivity contribution in [2.24, 2.45) is 10.4 Å². The molecule has 0 amide bonds.